The van der Waals surface area contributed by atoms with Gasteiger partial charge in [0.2, 0.25) is 11.8 Å². The van der Waals surface area contributed by atoms with Gasteiger partial charge in [-0.2, -0.15) is 5.10 Å². The van der Waals surface area contributed by atoms with Crippen LogP contribution >= 0.6 is 0 Å². The van der Waals surface area contributed by atoms with E-state index in [4.69, 9.17) is 8.85 Å². The molecule has 2 aliphatic carbocycles. The molecule has 2 atom stereocenters. The summed E-state index contributed by atoms with van der Waals surface area (Å²) in [5, 5.41) is 13.4. The molecule has 216 valence electrons. The van der Waals surface area contributed by atoms with Crippen LogP contribution in [0.3, 0.4) is 0 Å². The fourth-order valence-corrected chi connectivity index (χ4v) is 5.70. The maximum Gasteiger partial charge on any atom is 0.272 e. The van der Waals surface area contributed by atoms with Crippen molar-refractivity contribution >= 4 is 28.6 Å². The summed E-state index contributed by atoms with van der Waals surface area (Å²) in [6.07, 6.45) is 4.93. The normalized spacial score (nSPS) is 23.4. The first kappa shape index (κ1) is 23.6. The second-order valence-corrected chi connectivity index (χ2v) is 11.2. The van der Waals surface area contributed by atoms with Crippen molar-refractivity contribution in [2.75, 3.05) is 20.1 Å². The number of aromatic amines is 1. The number of fused-ring (bicyclic) bond motifs is 1. The summed E-state index contributed by atoms with van der Waals surface area (Å²) in [5.41, 5.74) is 1.87. The summed E-state index contributed by atoms with van der Waals surface area (Å²) in [6, 6.07) is 6.45. The molecular weight excluding hydrogens is 534 g/mol. The Morgan fingerprint density at radius 3 is 2.68 bits per heavy atom. The van der Waals surface area contributed by atoms with Crippen molar-refractivity contribution in [3.05, 3.63) is 41.7 Å². The maximum atomic E-state index is 13.7. The highest BCUT2D eigenvalue weighted by atomic mass is 19.3. The number of aromatic nitrogens is 3. The van der Waals surface area contributed by atoms with Crippen LogP contribution in [0.15, 0.2) is 30.5 Å². The molecule has 41 heavy (non-hydrogen) atoms. The molecule has 1 aromatic carbocycles. The van der Waals surface area contributed by atoms with Gasteiger partial charge in [0, 0.05) is 48.1 Å². The van der Waals surface area contributed by atoms with Crippen molar-refractivity contribution in [3.63, 3.8) is 0 Å². The largest absolute Gasteiger partial charge is 0.480 e. The highest BCUT2D eigenvalue weighted by Gasteiger charge is 2.42. The molecule has 12 heteroatoms. The molecule has 2 saturated carbocycles. The molecule has 3 N–H and O–H groups in total. The van der Waals surface area contributed by atoms with Gasteiger partial charge in [-0.15, -0.1) is 0 Å². The molecule has 10 nitrogen and oxygen atoms in total. The van der Waals surface area contributed by atoms with Crippen LogP contribution < -0.4 is 15.4 Å². The zero-order valence-corrected chi connectivity index (χ0v) is 22.2. The van der Waals surface area contributed by atoms with Crippen molar-refractivity contribution < 1.29 is 32.0 Å². The molecule has 1 aliphatic heterocycles. The highest BCUT2D eigenvalue weighted by molar-refractivity contribution is 6.05. The second-order valence-electron chi connectivity index (χ2n) is 11.2. The van der Waals surface area contributed by atoms with Gasteiger partial charge in [0.1, 0.15) is 5.56 Å². The summed E-state index contributed by atoms with van der Waals surface area (Å²) in [5.74, 6) is -4.99. The average molecular weight is 570 g/mol. The Balaban J connectivity index is 1.21. The Hall–Kier alpha value is -4.09. The lowest BCUT2D eigenvalue weighted by Crippen LogP contribution is -2.43. The second kappa shape index (κ2) is 10.7. The summed E-state index contributed by atoms with van der Waals surface area (Å²) >= 11 is 0. The molecule has 0 radical (unpaired) electrons. The number of hydrogen-bond donors (Lipinski definition) is 3. The number of H-pyrrole nitrogens is 1. The van der Waals surface area contributed by atoms with Crippen LogP contribution in [-0.4, -0.2) is 75.9 Å². The van der Waals surface area contributed by atoms with E-state index in [2.05, 4.69) is 25.8 Å². The number of nitrogens with zero attached hydrogens (tertiary/aromatic N) is 3. The van der Waals surface area contributed by atoms with Gasteiger partial charge < -0.3 is 20.3 Å². The van der Waals surface area contributed by atoms with Crippen LogP contribution in [0.4, 0.5) is 8.78 Å². The molecule has 2 aromatic heterocycles. The molecule has 2 unspecified atom stereocenters. The number of rotatable bonds is 7. The van der Waals surface area contributed by atoms with Crippen LogP contribution in [0.5, 0.6) is 5.88 Å². The molecule has 3 amide bonds. The predicted molar refractivity (Wildman–Crippen MR) is 146 cm³/mol. The van der Waals surface area contributed by atoms with E-state index >= 15 is 0 Å². The molecule has 6 rings (SSSR count). The molecule has 3 aromatic rings. The first-order valence-corrected chi connectivity index (χ1v) is 13.8. The topological polar surface area (TPSA) is 129 Å². The minimum atomic E-state index is -2.88. The number of benzene rings is 1. The fourth-order valence-electron chi connectivity index (χ4n) is 5.70. The number of carbonyl (C=O) groups excluding carboxylic acids is 3. The molecular formula is C29H32F2N6O4. The number of halogens is 2. The molecule has 3 aliphatic rings. The van der Waals surface area contributed by atoms with Crippen LogP contribution in [0.1, 0.15) is 69.9 Å². The summed E-state index contributed by atoms with van der Waals surface area (Å²) in [7, 11) is -2.87. The third-order valence-electron chi connectivity index (χ3n) is 8.06. The number of methoxy groups -OCH3 is 1. The van der Waals surface area contributed by atoms with Gasteiger partial charge >= 0.3 is 0 Å². The first-order chi connectivity index (χ1) is 20.8. The molecule has 0 bridgehead atoms. The fraction of sp³-hybridized carbons (Fsp3) is 0.483. The van der Waals surface area contributed by atoms with Gasteiger partial charge in [0.25, 0.3) is 17.7 Å². The Morgan fingerprint density at radius 1 is 1.10 bits per heavy atom. The molecule has 1 saturated heterocycles. The standard InChI is InChI=1S/C29H32F2N6O4/c1-41-27-22(25(38)34-20-4-2-3-17(11-20)28(40)37-10-9-29(30,31)15-37)12-18(14-32-27)16-5-8-21-23(13-16)35-36-24(21)26(39)33-19-6-7-19/h5,8,12-14,17,19-20H,2-4,6-7,9-11,15H2,1H3,(H,33,39)(H,34,38)(H,35,36)/i1D3. The number of pyridine rings is 1. The van der Waals surface area contributed by atoms with Gasteiger partial charge in [-0.1, -0.05) is 12.5 Å². The highest BCUT2D eigenvalue weighted by Crippen LogP contribution is 2.33. The quantitative estimate of drug-likeness (QED) is 0.398. The van der Waals surface area contributed by atoms with E-state index in [0.29, 0.717) is 41.3 Å². The number of nitrogens with one attached hydrogen (secondary N) is 3. The van der Waals surface area contributed by atoms with Crippen molar-refractivity contribution in [2.24, 2.45) is 5.92 Å². The lowest BCUT2D eigenvalue weighted by atomic mass is 9.84. The van der Waals surface area contributed by atoms with E-state index in [1.54, 1.807) is 18.2 Å². The maximum absolute atomic E-state index is 13.7. The third-order valence-corrected chi connectivity index (χ3v) is 8.06. The molecule has 3 fully saturated rings. The van der Waals surface area contributed by atoms with E-state index in [1.165, 1.54) is 17.2 Å². The Labute approximate surface area is 239 Å². The van der Waals surface area contributed by atoms with Gasteiger partial charge in [-0.3, -0.25) is 19.5 Å². The molecule has 3 heterocycles. The zero-order chi connectivity index (χ0) is 31.2. The van der Waals surface area contributed by atoms with Crippen LogP contribution in [0.25, 0.3) is 22.0 Å². The van der Waals surface area contributed by atoms with Crippen LogP contribution in [-0.2, 0) is 4.79 Å². The number of alkyl halides is 2. The molecule has 0 spiro atoms. The smallest absolute Gasteiger partial charge is 0.272 e. The number of hydrogen-bond acceptors (Lipinski definition) is 6. The minimum Gasteiger partial charge on any atom is -0.480 e. The number of ether oxygens (including phenoxy) is 1. The van der Waals surface area contributed by atoms with Crippen molar-refractivity contribution in [1.29, 1.82) is 0 Å². The number of likely N-dealkylation sites (tertiary alicyclic amines) is 1. The Kier molecular flexibility index (Phi) is 6.17. The first-order valence-electron chi connectivity index (χ1n) is 15.3. The Morgan fingerprint density at radius 2 is 1.93 bits per heavy atom. The van der Waals surface area contributed by atoms with Crippen molar-refractivity contribution in [3.8, 4) is 17.0 Å². The Bertz CT molecular complexity index is 1610. The summed E-state index contributed by atoms with van der Waals surface area (Å²) in [4.78, 5) is 44.4. The summed E-state index contributed by atoms with van der Waals surface area (Å²) < 4.78 is 55.0. The van der Waals surface area contributed by atoms with Gasteiger partial charge in [0.05, 0.1) is 23.2 Å². The van der Waals surface area contributed by atoms with E-state index < -0.39 is 37.4 Å². The number of carbonyl (C=O) groups is 3. The van der Waals surface area contributed by atoms with Crippen LogP contribution in [0, 0.1) is 5.92 Å². The van der Waals surface area contributed by atoms with Crippen LogP contribution in [0.2, 0.25) is 0 Å². The van der Waals surface area contributed by atoms with E-state index in [1.807, 2.05) is 0 Å². The lowest BCUT2D eigenvalue weighted by Gasteiger charge is -2.31. The summed E-state index contributed by atoms with van der Waals surface area (Å²) in [6.45, 7) is -0.583. The van der Waals surface area contributed by atoms with Gasteiger partial charge in [-0.05, 0) is 55.9 Å². The number of amides is 3. The SMILES string of the molecule is [2H]C([2H])([2H])Oc1ncc(-c2ccc3c(C(=O)NC4CC4)n[nH]c3c2)cc1C(=O)NC1CCCC(C(=O)N2CCC(F)(F)C2)C1. The monoisotopic (exact) mass is 569 g/mol. The van der Waals surface area contributed by atoms with E-state index in [-0.39, 0.29) is 54.4 Å². The predicted octanol–water partition coefficient (Wildman–Crippen LogP) is 3.68. The van der Waals surface area contributed by atoms with Crippen molar-refractivity contribution in [1.82, 2.24) is 30.7 Å². The third kappa shape index (κ3) is 5.73. The van der Waals surface area contributed by atoms with Crippen molar-refractivity contribution in [2.45, 2.75) is 63.0 Å². The lowest BCUT2D eigenvalue weighted by molar-refractivity contribution is -0.137. The van der Waals surface area contributed by atoms with Gasteiger partial charge in [0.15, 0.2) is 5.69 Å². The zero-order valence-electron chi connectivity index (χ0n) is 25.2. The minimum absolute atomic E-state index is 0.00690. The van der Waals surface area contributed by atoms with Gasteiger partial charge in [-0.25, -0.2) is 13.8 Å². The van der Waals surface area contributed by atoms with E-state index in [0.717, 1.165) is 12.8 Å². The van der Waals surface area contributed by atoms with E-state index in [9.17, 15) is 23.2 Å². The average Bonchev–Trinajstić information content (AvgIpc) is 3.55.